The summed E-state index contributed by atoms with van der Waals surface area (Å²) >= 11 is 0. The fraction of sp³-hybridized carbons (Fsp3) is 0.650. The number of nitrogens with zero attached hydrogens (tertiary/aromatic N) is 2. The molecule has 1 N–H and O–H groups in total. The van der Waals surface area contributed by atoms with Crippen molar-refractivity contribution < 1.29 is 26.7 Å². The van der Waals surface area contributed by atoms with Crippen LogP contribution < -0.4 is 5.32 Å². The van der Waals surface area contributed by atoms with Crippen molar-refractivity contribution >= 4 is 16.1 Å². The largest absolute Gasteiger partial charge is 0.381 e. The van der Waals surface area contributed by atoms with Crippen LogP contribution in [0.1, 0.15) is 39.0 Å². The molecule has 30 heavy (non-hydrogen) atoms. The molecule has 0 unspecified atom stereocenters. The number of piperidine rings is 1. The van der Waals surface area contributed by atoms with Gasteiger partial charge >= 0.3 is 6.03 Å². The second-order valence-corrected chi connectivity index (χ2v) is 9.60. The van der Waals surface area contributed by atoms with E-state index in [9.17, 15) is 22.0 Å². The number of rotatable bonds is 6. The SMILES string of the molecule is CCCNC(=O)N(C1CCOCC1)C1CCN(S(=O)(=O)c2cc(F)ccc2F)CC1. The van der Waals surface area contributed by atoms with E-state index in [4.69, 9.17) is 4.74 Å². The highest BCUT2D eigenvalue weighted by Crippen LogP contribution is 2.28. The van der Waals surface area contributed by atoms with E-state index < -0.39 is 26.6 Å². The van der Waals surface area contributed by atoms with Gasteiger partial charge in [-0.25, -0.2) is 22.0 Å². The highest BCUT2D eigenvalue weighted by atomic mass is 32.2. The van der Waals surface area contributed by atoms with Crippen LogP contribution in [0, 0.1) is 11.6 Å². The average molecular weight is 446 g/mol. The number of benzene rings is 1. The molecule has 2 aliphatic rings. The van der Waals surface area contributed by atoms with Gasteiger partial charge in [0.05, 0.1) is 0 Å². The number of halogens is 2. The summed E-state index contributed by atoms with van der Waals surface area (Å²) < 4.78 is 59.8. The number of carbonyl (C=O) groups is 1. The third-order valence-corrected chi connectivity index (χ3v) is 7.59. The van der Waals surface area contributed by atoms with Gasteiger partial charge in [0.25, 0.3) is 0 Å². The summed E-state index contributed by atoms with van der Waals surface area (Å²) in [5.74, 6) is -1.77. The van der Waals surface area contributed by atoms with Crippen LogP contribution in [0.5, 0.6) is 0 Å². The molecular weight excluding hydrogens is 416 g/mol. The van der Waals surface area contributed by atoms with Crippen LogP contribution in [0.4, 0.5) is 13.6 Å². The minimum absolute atomic E-state index is 0.0458. The van der Waals surface area contributed by atoms with Crippen LogP contribution in [0.3, 0.4) is 0 Å². The van der Waals surface area contributed by atoms with Gasteiger partial charge in [-0.2, -0.15) is 4.31 Å². The van der Waals surface area contributed by atoms with Crippen molar-refractivity contribution in [1.29, 1.82) is 0 Å². The first-order chi connectivity index (χ1) is 14.3. The number of carbonyl (C=O) groups excluding carboxylic acids is 1. The van der Waals surface area contributed by atoms with Gasteiger partial charge in [-0.05, 0) is 50.3 Å². The number of hydrogen-bond donors (Lipinski definition) is 1. The number of hydrogen-bond acceptors (Lipinski definition) is 4. The molecule has 1 aromatic rings. The molecule has 2 saturated heterocycles. The molecule has 2 amide bonds. The molecule has 0 atom stereocenters. The molecule has 0 aliphatic carbocycles. The van der Waals surface area contributed by atoms with Crippen LogP contribution in [-0.4, -0.2) is 68.6 Å². The molecule has 10 heteroatoms. The third kappa shape index (κ3) is 5.09. The van der Waals surface area contributed by atoms with Crippen LogP contribution in [0.25, 0.3) is 0 Å². The molecule has 2 fully saturated rings. The van der Waals surface area contributed by atoms with Crippen molar-refractivity contribution in [2.75, 3.05) is 32.8 Å². The first kappa shape index (κ1) is 22.9. The third-order valence-electron chi connectivity index (χ3n) is 5.67. The number of ether oxygens (including phenoxy) is 1. The lowest BCUT2D eigenvalue weighted by atomic mass is 9.99. The lowest BCUT2D eigenvalue weighted by Crippen LogP contribution is -2.56. The van der Waals surface area contributed by atoms with Crippen LogP contribution in [0.2, 0.25) is 0 Å². The smallest absolute Gasteiger partial charge is 0.317 e. The van der Waals surface area contributed by atoms with E-state index in [0.717, 1.165) is 31.4 Å². The number of sulfonamides is 1. The zero-order valence-electron chi connectivity index (χ0n) is 17.1. The summed E-state index contributed by atoms with van der Waals surface area (Å²) in [6.45, 7) is 4.02. The molecule has 1 aromatic carbocycles. The van der Waals surface area contributed by atoms with Crippen molar-refractivity contribution in [2.24, 2.45) is 0 Å². The van der Waals surface area contributed by atoms with Crippen LogP contribution in [-0.2, 0) is 14.8 Å². The zero-order chi connectivity index (χ0) is 21.7. The van der Waals surface area contributed by atoms with Crippen LogP contribution in [0.15, 0.2) is 23.1 Å². The summed E-state index contributed by atoms with van der Waals surface area (Å²) in [5, 5.41) is 2.93. The summed E-state index contributed by atoms with van der Waals surface area (Å²) in [4.78, 5) is 14.0. The lowest BCUT2D eigenvalue weighted by Gasteiger charge is -2.43. The maximum atomic E-state index is 14.0. The number of amides is 2. The van der Waals surface area contributed by atoms with Crippen molar-refractivity contribution in [2.45, 2.75) is 56.0 Å². The predicted octanol–water partition coefficient (Wildman–Crippen LogP) is 2.72. The maximum absolute atomic E-state index is 14.0. The van der Waals surface area contributed by atoms with Gasteiger partial charge in [-0.15, -0.1) is 0 Å². The standard InChI is InChI=1S/C20H29F2N3O4S/c1-2-9-23-20(26)25(17-7-12-29-13-8-17)16-5-10-24(11-6-16)30(27,28)19-14-15(21)3-4-18(19)22/h3-4,14,16-17H,2,5-13H2,1H3,(H,23,26). The lowest BCUT2D eigenvalue weighted by molar-refractivity contribution is 0.0255. The fourth-order valence-corrected chi connectivity index (χ4v) is 5.64. The van der Waals surface area contributed by atoms with Gasteiger partial charge in [-0.1, -0.05) is 6.92 Å². The molecule has 0 radical (unpaired) electrons. The van der Waals surface area contributed by atoms with E-state index in [0.29, 0.717) is 38.7 Å². The Kier molecular flexibility index (Phi) is 7.65. The zero-order valence-corrected chi connectivity index (χ0v) is 18.0. The van der Waals surface area contributed by atoms with Gasteiger partial charge < -0.3 is 15.0 Å². The molecule has 0 aromatic heterocycles. The second kappa shape index (κ2) is 10.0. The molecule has 0 saturated carbocycles. The molecule has 3 rings (SSSR count). The summed E-state index contributed by atoms with van der Waals surface area (Å²) in [5.41, 5.74) is 0. The van der Waals surface area contributed by atoms with Crippen molar-refractivity contribution in [3.8, 4) is 0 Å². The Morgan fingerprint density at radius 3 is 2.43 bits per heavy atom. The number of urea groups is 1. The molecule has 2 heterocycles. The van der Waals surface area contributed by atoms with E-state index in [1.54, 1.807) is 0 Å². The first-order valence-electron chi connectivity index (χ1n) is 10.4. The van der Waals surface area contributed by atoms with E-state index >= 15 is 0 Å². The Morgan fingerprint density at radius 2 is 1.80 bits per heavy atom. The summed E-state index contributed by atoms with van der Waals surface area (Å²) in [6, 6.07) is 2.21. The minimum atomic E-state index is -4.14. The van der Waals surface area contributed by atoms with Gasteiger partial charge in [0.15, 0.2) is 0 Å². The topological polar surface area (TPSA) is 79.0 Å². The van der Waals surface area contributed by atoms with E-state index in [-0.39, 0.29) is 31.2 Å². The van der Waals surface area contributed by atoms with Crippen molar-refractivity contribution in [3.63, 3.8) is 0 Å². The summed E-state index contributed by atoms with van der Waals surface area (Å²) in [7, 11) is -4.14. The summed E-state index contributed by atoms with van der Waals surface area (Å²) in [6.07, 6.45) is 3.18. The Hall–Kier alpha value is -1.78. The first-order valence-corrected chi connectivity index (χ1v) is 11.9. The van der Waals surface area contributed by atoms with Crippen molar-refractivity contribution in [3.05, 3.63) is 29.8 Å². The predicted molar refractivity (Wildman–Crippen MR) is 108 cm³/mol. The molecule has 168 valence electrons. The van der Waals surface area contributed by atoms with Gasteiger partial charge in [0.1, 0.15) is 16.5 Å². The molecule has 0 bridgehead atoms. The molecule has 0 spiro atoms. The minimum Gasteiger partial charge on any atom is -0.381 e. The Morgan fingerprint density at radius 1 is 1.17 bits per heavy atom. The molecule has 7 nitrogen and oxygen atoms in total. The quantitative estimate of drug-likeness (QED) is 0.730. The van der Waals surface area contributed by atoms with Crippen LogP contribution >= 0.6 is 0 Å². The maximum Gasteiger partial charge on any atom is 0.317 e. The Balaban J connectivity index is 1.72. The van der Waals surface area contributed by atoms with E-state index in [1.807, 2.05) is 11.8 Å². The average Bonchev–Trinajstić information content (AvgIpc) is 2.75. The molecular formula is C20H29F2N3O4S. The van der Waals surface area contributed by atoms with Gasteiger partial charge in [-0.3, -0.25) is 0 Å². The Labute approximate surface area is 176 Å². The monoisotopic (exact) mass is 445 g/mol. The highest BCUT2D eigenvalue weighted by Gasteiger charge is 2.37. The highest BCUT2D eigenvalue weighted by molar-refractivity contribution is 7.89. The normalized spacial score (nSPS) is 19.6. The van der Waals surface area contributed by atoms with Crippen molar-refractivity contribution in [1.82, 2.24) is 14.5 Å². The van der Waals surface area contributed by atoms with Gasteiger partial charge in [0, 0.05) is 44.9 Å². The van der Waals surface area contributed by atoms with E-state index in [2.05, 4.69) is 5.32 Å². The second-order valence-electron chi connectivity index (χ2n) is 7.69. The Bertz CT molecular complexity index is 838. The fourth-order valence-electron chi connectivity index (χ4n) is 4.09. The van der Waals surface area contributed by atoms with E-state index in [1.165, 1.54) is 4.31 Å². The number of nitrogens with one attached hydrogen (secondary N) is 1. The van der Waals surface area contributed by atoms with Gasteiger partial charge in [0.2, 0.25) is 10.0 Å². The molecule has 2 aliphatic heterocycles.